The Morgan fingerprint density at radius 2 is 2.31 bits per heavy atom. The number of carbonyl (C=O) groups excluding carboxylic acids is 1. The van der Waals surface area contributed by atoms with Gasteiger partial charge in [0.1, 0.15) is 0 Å². The quantitative estimate of drug-likeness (QED) is 0.534. The van der Waals surface area contributed by atoms with Gasteiger partial charge in [0.2, 0.25) is 0 Å². The van der Waals surface area contributed by atoms with E-state index in [1.54, 1.807) is 0 Å². The number of rotatable bonds is 4. The van der Waals surface area contributed by atoms with E-state index in [4.69, 9.17) is 4.74 Å². The maximum Gasteiger partial charge on any atom is 0.308 e. The Labute approximate surface area is 97.2 Å². The van der Waals surface area contributed by atoms with Crippen molar-refractivity contribution in [3.8, 4) is 0 Å². The van der Waals surface area contributed by atoms with E-state index in [1.807, 2.05) is 0 Å². The number of nitrogens with zero attached hydrogens (tertiary/aromatic N) is 1. The van der Waals surface area contributed by atoms with Crippen LogP contribution in [0.1, 0.15) is 20.3 Å². The third kappa shape index (κ3) is 4.77. The molecular weight excluding hydrogens is 206 g/mol. The van der Waals surface area contributed by atoms with Crippen LogP contribution in [-0.2, 0) is 14.3 Å². The van der Waals surface area contributed by atoms with Gasteiger partial charge in [-0.1, -0.05) is 11.6 Å². The molecule has 16 heavy (non-hydrogen) atoms. The molecule has 1 aliphatic rings. The molecule has 1 heterocycles. The molecule has 0 amide bonds. The Balaban J connectivity index is 2.35. The molecule has 0 aromatic carbocycles. The van der Waals surface area contributed by atoms with Gasteiger partial charge in [-0.15, -0.1) is 0 Å². The predicted octanol–water partition coefficient (Wildman–Crippen LogP) is 1.22. The summed E-state index contributed by atoms with van der Waals surface area (Å²) in [5.74, 6) is -0.200. The SMILES string of the molecule is COC(=O)C[C@@H]1CN(CC=C(C)C)CCO1. The lowest BCUT2D eigenvalue weighted by Gasteiger charge is -2.31. The van der Waals surface area contributed by atoms with Crippen molar-refractivity contribution in [3.63, 3.8) is 0 Å². The van der Waals surface area contributed by atoms with Crippen LogP contribution in [0.4, 0.5) is 0 Å². The van der Waals surface area contributed by atoms with Gasteiger partial charge in [-0.2, -0.15) is 0 Å². The molecule has 4 heteroatoms. The van der Waals surface area contributed by atoms with Crippen molar-refractivity contribution in [2.45, 2.75) is 26.4 Å². The van der Waals surface area contributed by atoms with E-state index in [-0.39, 0.29) is 12.1 Å². The summed E-state index contributed by atoms with van der Waals surface area (Å²) in [6.07, 6.45) is 2.52. The van der Waals surface area contributed by atoms with Crippen LogP contribution < -0.4 is 0 Å². The van der Waals surface area contributed by atoms with E-state index in [1.165, 1.54) is 12.7 Å². The van der Waals surface area contributed by atoms with E-state index in [2.05, 4.69) is 29.6 Å². The van der Waals surface area contributed by atoms with Crippen molar-refractivity contribution >= 4 is 5.97 Å². The smallest absolute Gasteiger partial charge is 0.308 e. The molecule has 1 fully saturated rings. The highest BCUT2D eigenvalue weighted by Gasteiger charge is 2.22. The second-order valence-electron chi connectivity index (χ2n) is 4.31. The van der Waals surface area contributed by atoms with Crippen molar-refractivity contribution in [3.05, 3.63) is 11.6 Å². The number of morpholine rings is 1. The predicted molar refractivity (Wildman–Crippen MR) is 62.2 cm³/mol. The molecule has 4 nitrogen and oxygen atoms in total. The van der Waals surface area contributed by atoms with Crippen molar-refractivity contribution in [1.29, 1.82) is 0 Å². The molecule has 1 rings (SSSR count). The number of esters is 1. The van der Waals surface area contributed by atoms with Crippen molar-refractivity contribution in [2.24, 2.45) is 0 Å². The highest BCUT2D eigenvalue weighted by Crippen LogP contribution is 2.09. The lowest BCUT2D eigenvalue weighted by Crippen LogP contribution is -2.43. The molecule has 0 spiro atoms. The van der Waals surface area contributed by atoms with Gasteiger partial charge in [0.05, 0.1) is 26.2 Å². The molecule has 92 valence electrons. The van der Waals surface area contributed by atoms with Crippen molar-refractivity contribution in [1.82, 2.24) is 4.90 Å². The molecule has 1 atom stereocenters. The zero-order valence-corrected chi connectivity index (χ0v) is 10.4. The molecule has 0 aromatic rings. The van der Waals surface area contributed by atoms with Crippen LogP contribution in [0, 0.1) is 0 Å². The van der Waals surface area contributed by atoms with E-state index < -0.39 is 0 Å². The molecule has 0 saturated carbocycles. The number of hydrogen-bond donors (Lipinski definition) is 0. The Bertz CT molecular complexity index is 259. The molecule has 0 N–H and O–H groups in total. The first-order chi connectivity index (χ1) is 7.61. The molecule has 0 aromatic heterocycles. The summed E-state index contributed by atoms with van der Waals surface area (Å²) in [4.78, 5) is 13.4. The Hall–Kier alpha value is -0.870. The standard InChI is InChI=1S/C12H21NO3/c1-10(2)4-5-13-6-7-16-11(9-13)8-12(14)15-3/h4,11H,5-9H2,1-3H3/t11-/m1/s1. The first kappa shape index (κ1) is 13.2. The summed E-state index contributed by atoms with van der Waals surface area (Å²) in [7, 11) is 1.41. The zero-order chi connectivity index (χ0) is 12.0. The van der Waals surface area contributed by atoms with Crippen molar-refractivity contribution in [2.75, 3.05) is 33.4 Å². The fourth-order valence-corrected chi connectivity index (χ4v) is 1.65. The fraction of sp³-hybridized carbons (Fsp3) is 0.750. The Kier molecular flexibility index (Phi) is 5.49. The van der Waals surface area contributed by atoms with Gasteiger partial charge in [-0.05, 0) is 13.8 Å². The van der Waals surface area contributed by atoms with E-state index >= 15 is 0 Å². The van der Waals surface area contributed by atoms with Crippen LogP contribution in [0.25, 0.3) is 0 Å². The number of ether oxygens (including phenoxy) is 2. The van der Waals surface area contributed by atoms with Gasteiger partial charge in [0.15, 0.2) is 0 Å². The van der Waals surface area contributed by atoms with Crippen LogP contribution in [0.2, 0.25) is 0 Å². The van der Waals surface area contributed by atoms with Crippen LogP contribution in [0.15, 0.2) is 11.6 Å². The van der Waals surface area contributed by atoms with Crippen LogP contribution in [-0.4, -0.2) is 50.3 Å². The van der Waals surface area contributed by atoms with E-state index in [0.717, 1.165) is 19.6 Å². The summed E-state index contributed by atoms with van der Waals surface area (Å²) in [5, 5.41) is 0. The number of hydrogen-bond acceptors (Lipinski definition) is 4. The maximum absolute atomic E-state index is 11.1. The van der Waals surface area contributed by atoms with Gasteiger partial charge in [0, 0.05) is 19.6 Å². The highest BCUT2D eigenvalue weighted by atomic mass is 16.5. The molecular formula is C12H21NO3. The molecule has 1 aliphatic heterocycles. The largest absolute Gasteiger partial charge is 0.469 e. The first-order valence-corrected chi connectivity index (χ1v) is 5.66. The van der Waals surface area contributed by atoms with Gasteiger partial charge in [0.25, 0.3) is 0 Å². The minimum atomic E-state index is -0.200. The average molecular weight is 227 g/mol. The van der Waals surface area contributed by atoms with Crippen LogP contribution >= 0.6 is 0 Å². The Morgan fingerprint density at radius 1 is 1.56 bits per heavy atom. The minimum absolute atomic E-state index is 0.0215. The van der Waals surface area contributed by atoms with Gasteiger partial charge in [-0.3, -0.25) is 9.69 Å². The summed E-state index contributed by atoms with van der Waals surface area (Å²) >= 11 is 0. The monoisotopic (exact) mass is 227 g/mol. The zero-order valence-electron chi connectivity index (χ0n) is 10.4. The van der Waals surface area contributed by atoms with Gasteiger partial charge >= 0.3 is 5.97 Å². The number of allylic oxidation sites excluding steroid dienone is 1. The highest BCUT2D eigenvalue weighted by molar-refractivity contribution is 5.69. The van der Waals surface area contributed by atoms with Gasteiger partial charge in [-0.25, -0.2) is 0 Å². The van der Waals surface area contributed by atoms with Crippen molar-refractivity contribution < 1.29 is 14.3 Å². The third-order valence-electron chi connectivity index (χ3n) is 2.60. The molecule has 0 radical (unpaired) electrons. The summed E-state index contributed by atoms with van der Waals surface area (Å²) in [6.45, 7) is 7.54. The summed E-state index contributed by atoms with van der Waals surface area (Å²) in [5.41, 5.74) is 1.32. The topological polar surface area (TPSA) is 38.8 Å². The first-order valence-electron chi connectivity index (χ1n) is 5.66. The lowest BCUT2D eigenvalue weighted by molar-refractivity contribution is -0.145. The maximum atomic E-state index is 11.1. The second-order valence-corrected chi connectivity index (χ2v) is 4.31. The molecule has 0 bridgehead atoms. The van der Waals surface area contributed by atoms with E-state index in [0.29, 0.717) is 13.0 Å². The second kappa shape index (κ2) is 6.66. The third-order valence-corrected chi connectivity index (χ3v) is 2.60. The molecule has 0 aliphatic carbocycles. The molecule has 1 saturated heterocycles. The molecule has 0 unspecified atom stereocenters. The normalized spacial score (nSPS) is 21.6. The van der Waals surface area contributed by atoms with E-state index in [9.17, 15) is 4.79 Å². The fourth-order valence-electron chi connectivity index (χ4n) is 1.65. The number of methoxy groups -OCH3 is 1. The summed E-state index contributed by atoms with van der Waals surface area (Å²) < 4.78 is 10.2. The summed E-state index contributed by atoms with van der Waals surface area (Å²) in [6, 6.07) is 0. The van der Waals surface area contributed by atoms with Gasteiger partial charge < -0.3 is 9.47 Å². The van der Waals surface area contributed by atoms with Crippen LogP contribution in [0.3, 0.4) is 0 Å². The number of carbonyl (C=O) groups is 1. The average Bonchev–Trinajstić information content (AvgIpc) is 2.26. The lowest BCUT2D eigenvalue weighted by atomic mass is 10.2. The van der Waals surface area contributed by atoms with Crippen LogP contribution in [0.5, 0.6) is 0 Å². The Morgan fingerprint density at radius 3 is 2.94 bits per heavy atom. The minimum Gasteiger partial charge on any atom is -0.469 e.